The molecule has 6 heteroatoms. The van der Waals surface area contributed by atoms with E-state index >= 15 is 0 Å². The van der Waals surface area contributed by atoms with Gasteiger partial charge in [-0.1, -0.05) is 0 Å². The highest BCUT2D eigenvalue weighted by molar-refractivity contribution is 5.77. The van der Waals surface area contributed by atoms with Crippen LogP contribution in [0.2, 0.25) is 0 Å². The molecule has 1 aliphatic heterocycles. The van der Waals surface area contributed by atoms with Gasteiger partial charge in [-0.2, -0.15) is 0 Å². The SMILES string of the molecule is O=C1CCCCN1[C@@H](CO)c1cc(F)c(F)c(F)c1. The van der Waals surface area contributed by atoms with E-state index in [1.807, 2.05) is 0 Å². The highest BCUT2D eigenvalue weighted by Gasteiger charge is 2.28. The van der Waals surface area contributed by atoms with Crippen molar-refractivity contribution in [2.75, 3.05) is 13.2 Å². The number of amides is 1. The number of halogens is 3. The first kappa shape index (κ1) is 13.9. The molecule has 0 spiro atoms. The maximum absolute atomic E-state index is 13.2. The second-order valence-corrected chi connectivity index (χ2v) is 4.54. The Morgan fingerprint density at radius 3 is 2.37 bits per heavy atom. The van der Waals surface area contributed by atoms with Gasteiger partial charge in [0.15, 0.2) is 17.5 Å². The Hall–Kier alpha value is -1.56. The summed E-state index contributed by atoms with van der Waals surface area (Å²) in [6, 6.07) is 0.806. The Kier molecular flexibility index (Phi) is 4.09. The fraction of sp³-hybridized carbons (Fsp3) is 0.462. The third-order valence-electron chi connectivity index (χ3n) is 3.30. The molecule has 1 fully saturated rings. The third-order valence-corrected chi connectivity index (χ3v) is 3.30. The Bertz CT molecular complexity index is 470. The molecule has 1 aliphatic rings. The molecule has 3 nitrogen and oxygen atoms in total. The van der Waals surface area contributed by atoms with Crippen LogP contribution in [0.5, 0.6) is 0 Å². The Morgan fingerprint density at radius 2 is 1.84 bits per heavy atom. The van der Waals surface area contributed by atoms with E-state index in [4.69, 9.17) is 0 Å². The van der Waals surface area contributed by atoms with Crippen molar-refractivity contribution in [2.24, 2.45) is 0 Å². The summed E-state index contributed by atoms with van der Waals surface area (Å²) < 4.78 is 39.3. The number of aliphatic hydroxyl groups excluding tert-OH is 1. The van der Waals surface area contributed by atoms with Gasteiger partial charge in [-0.25, -0.2) is 13.2 Å². The molecule has 0 radical (unpaired) electrons. The van der Waals surface area contributed by atoms with Crippen LogP contribution in [-0.4, -0.2) is 29.1 Å². The van der Waals surface area contributed by atoms with Crippen LogP contribution in [0.1, 0.15) is 30.9 Å². The predicted molar refractivity (Wildman–Crippen MR) is 61.7 cm³/mol. The van der Waals surface area contributed by atoms with Crippen LogP contribution in [0.15, 0.2) is 12.1 Å². The zero-order valence-electron chi connectivity index (χ0n) is 10.2. The summed E-state index contributed by atoms with van der Waals surface area (Å²) in [6.45, 7) is -0.0407. The van der Waals surface area contributed by atoms with Gasteiger partial charge in [0.1, 0.15) is 0 Å². The smallest absolute Gasteiger partial charge is 0.223 e. The monoisotopic (exact) mass is 273 g/mol. The van der Waals surface area contributed by atoms with Crippen LogP contribution >= 0.6 is 0 Å². The van der Waals surface area contributed by atoms with Gasteiger partial charge in [0.25, 0.3) is 0 Å². The number of hydrogen-bond donors (Lipinski definition) is 1. The molecular formula is C13H14F3NO2. The van der Waals surface area contributed by atoms with Gasteiger partial charge in [-0.05, 0) is 30.5 Å². The van der Waals surface area contributed by atoms with Crippen molar-refractivity contribution in [1.82, 2.24) is 4.90 Å². The molecule has 104 valence electrons. The van der Waals surface area contributed by atoms with Gasteiger partial charge in [-0.15, -0.1) is 0 Å². The molecule has 1 amide bonds. The molecule has 0 unspecified atom stereocenters. The van der Waals surface area contributed by atoms with Crippen LogP contribution in [0.25, 0.3) is 0 Å². The highest BCUT2D eigenvalue weighted by Crippen LogP contribution is 2.27. The van der Waals surface area contributed by atoms with E-state index in [9.17, 15) is 23.1 Å². The molecule has 1 heterocycles. The van der Waals surface area contributed by atoms with E-state index in [1.54, 1.807) is 0 Å². The van der Waals surface area contributed by atoms with Crippen molar-refractivity contribution >= 4 is 5.91 Å². The van der Waals surface area contributed by atoms with Gasteiger partial charge in [0.2, 0.25) is 5.91 Å². The first-order valence-electron chi connectivity index (χ1n) is 6.09. The number of piperidine rings is 1. The molecule has 0 bridgehead atoms. The summed E-state index contributed by atoms with van der Waals surface area (Å²) in [5.74, 6) is -4.36. The number of carbonyl (C=O) groups excluding carboxylic acids is 1. The average molecular weight is 273 g/mol. The van der Waals surface area contributed by atoms with Crippen LogP contribution < -0.4 is 0 Å². The minimum absolute atomic E-state index is 0.0640. The van der Waals surface area contributed by atoms with Crippen molar-refractivity contribution in [1.29, 1.82) is 0 Å². The first-order valence-corrected chi connectivity index (χ1v) is 6.09. The molecule has 1 aromatic carbocycles. The fourth-order valence-electron chi connectivity index (χ4n) is 2.31. The fourth-order valence-corrected chi connectivity index (χ4v) is 2.31. The normalized spacial score (nSPS) is 17.7. The van der Waals surface area contributed by atoms with E-state index in [2.05, 4.69) is 0 Å². The molecular weight excluding hydrogens is 259 g/mol. The molecule has 1 N–H and O–H groups in total. The summed E-state index contributed by atoms with van der Waals surface area (Å²) in [7, 11) is 0. The highest BCUT2D eigenvalue weighted by atomic mass is 19.2. The lowest BCUT2D eigenvalue weighted by atomic mass is 10.0. The number of nitrogens with zero attached hydrogens (tertiary/aromatic N) is 1. The Labute approximate surface area is 108 Å². The number of rotatable bonds is 3. The lowest BCUT2D eigenvalue weighted by Gasteiger charge is -2.34. The van der Waals surface area contributed by atoms with Gasteiger partial charge in [0, 0.05) is 13.0 Å². The quantitative estimate of drug-likeness (QED) is 0.857. The van der Waals surface area contributed by atoms with Crippen molar-refractivity contribution in [2.45, 2.75) is 25.3 Å². The number of hydrogen-bond acceptors (Lipinski definition) is 2. The number of likely N-dealkylation sites (tertiary alicyclic amines) is 1. The van der Waals surface area contributed by atoms with Crippen LogP contribution in [0, 0.1) is 17.5 Å². The summed E-state index contributed by atoms with van der Waals surface area (Å²) in [5.41, 5.74) is 0.0640. The molecule has 2 rings (SSSR count). The lowest BCUT2D eigenvalue weighted by molar-refractivity contribution is -0.137. The summed E-state index contributed by atoms with van der Waals surface area (Å²) in [6.07, 6.45) is 1.89. The maximum atomic E-state index is 13.2. The molecule has 1 saturated heterocycles. The zero-order valence-corrected chi connectivity index (χ0v) is 10.2. The second kappa shape index (κ2) is 5.61. The van der Waals surface area contributed by atoms with Gasteiger partial charge >= 0.3 is 0 Å². The van der Waals surface area contributed by atoms with Crippen LogP contribution in [-0.2, 0) is 4.79 Å². The van der Waals surface area contributed by atoms with Crippen molar-refractivity contribution < 1.29 is 23.1 Å². The topological polar surface area (TPSA) is 40.5 Å². The molecule has 1 aromatic rings. The molecule has 1 atom stereocenters. The largest absolute Gasteiger partial charge is 0.394 e. The minimum Gasteiger partial charge on any atom is -0.394 e. The summed E-state index contributed by atoms with van der Waals surface area (Å²) in [5, 5.41) is 9.37. The third kappa shape index (κ3) is 2.73. The van der Waals surface area contributed by atoms with Gasteiger partial charge < -0.3 is 10.0 Å². The zero-order chi connectivity index (χ0) is 14.0. The molecule has 19 heavy (non-hydrogen) atoms. The van der Waals surface area contributed by atoms with Gasteiger partial charge in [-0.3, -0.25) is 4.79 Å². The summed E-state index contributed by atoms with van der Waals surface area (Å²) in [4.78, 5) is 13.1. The van der Waals surface area contributed by atoms with E-state index in [0.717, 1.165) is 25.0 Å². The Morgan fingerprint density at radius 1 is 1.21 bits per heavy atom. The van der Waals surface area contributed by atoms with Crippen molar-refractivity contribution in [3.63, 3.8) is 0 Å². The Balaban J connectivity index is 2.33. The van der Waals surface area contributed by atoms with E-state index in [1.165, 1.54) is 4.90 Å². The van der Waals surface area contributed by atoms with Gasteiger partial charge in [0.05, 0.1) is 12.6 Å². The lowest BCUT2D eigenvalue weighted by Crippen LogP contribution is -2.40. The van der Waals surface area contributed by atoms with Crippen LogP contribution in [0.3, 0.4) is 0 Å². The average Bonchev–Trinajstić information content (AvgIpc) is 2.39. The van der Waals surface area contributed by atoms with Crippen LogP contribution in [0.4, 0.5) is 13.2 Å². The number of carbonyl (C=O) groups is 1. The van der Waals surface area contributed by atoms with Crippen molar-refractivity contribution in [3.05, 3.63) is 35.1 Å². The molecule has 0 saturated carbocycles. The number of benzene rings is 1. The maximum Gasteiger partial charge on any atom is 0.223 e. The molecule has 0 aliphatic carbocycles. The summed E-state index contributed by atoms with van der Waals surface area (Å²) >= 11 is 0. The van der Waals surface area contributed by atoms with Crippen molar-refractivity contribution in [3.8, 4) is 0 Å². The number of aliphatic hydroxyl groups is 1. The minimum atomic E-state index is -1.55. The first-order chi connectivity index (χ1) is 9.04. The molecule has 0 aromatic heterocycles. The predicted octanol–water partition coefficient (Wildman–Crippen LogP) is 2.15. The standard InChI is InChI=1S/C13H14F3NO2/c14-9-5-8(6-10(15)13(9)16)11(7-18)17-4-2-1-3-12(17)19/h5-6,11,18H,1-4,7H2/t11-/m0/s1. The van der Waals surface area contributed by atoms with E-state index in [-0.39, 0.29) is 11.5 Å². The second-order valence-electron chi connectivity index (χ2n) is 4.54. The van der Waals surface area contributed by atoms with E-state index < -0.39 is 30.1 Å². The van der Waals surface area contributed by atoms with E-state index in [0.29, 0.717) is 13.0 Å².